The molecule has 0 unspecified atom stereocenters. The summed E-state index contributed by atoms with van der Waals surface area (Å²) in [4.78, 5) is 22.3. The Morgan fingerprint density at radius 3 is 2.64 bits per heavy atom. The van der Waals surface area contributed by atoms with Gasteiger partial charge in [-0.1, -0.05) is 17.7 Å². The quantitative estimate of drug-likeness (QED) is 0.836. The molecule has 25 heavy (non-hydrogen) atoms. The van der Waals surface area contributed by atoms with E-state index in [9.17, 15) is 4.79 Å². The van der Waals surface area contributed by atoms with Crippen molar-refractivity contribution in [2.75, 3.05) is 26.8 Å². The van der Waals surface area contributed by atoms with E-state index in [0.29, 0.717) is 25.3 Å². The number of ether oxygens (including phenoxy) is 2. The number of benzene rings is 1. The summed E-state index contributed by atoms with van der Waals surface area (Å²) in [7, 11) is 1.68. The summed E-state index contributed by atoms with van der Waals surface area (Å²) in [5, 5.41) is 0. The van der Waals surface area contributed by atoms with Crippen LogP contribution in [0, 0.1) is 6.92 Å². The number of hydrogen-bond donors (Lipinski definition) is 0. The Morgan fingerprint density at radius 2 is 1.96 bits per heavy atom. The summed E-state index contributed by atoms with van der Waals surface area (Å²) >= 11 is 0. The molecule has 6 nitrogen and oxygen atoms in total. The SMILES string of the molecule is CO[C@@]1(COc2ccc(C)cc2)CCCN(C(=O)c2cncnc2)C1. The van der Waals surface area contributed by atoms with Crippen molar-refractivity contribution in [2.24, 2.45) is 0 Å². The van der Waals surface area contributed by atoms with Gasteiger partial charge in [0.25, 0.3) is 5.91 Å². The molecule has 3 rings (SSSR count). The lowest BCUT2D eigenvalue weighted by atomic mass is 9.93. The minimum absolute atomic E-state index is 0.0722. The minimum Gasteiger partial charge on any atom is -0.491 e. The van der Waals surface area contributed by atoms with Crippen LogP contribution < -0.4 is 4.74 Å². The smallest absolute Gasteiger partial charge is 0.257 e. The fraction of sp³-hybridized carbons (Fsp3) is 0.421. The molecule has 0 saturated carbocycles. The van der Waals surface area contributed by atoms with E-state index in [1.807, 2.05) is 31.2 Å². The Bertz CT molecular complexity index is 706. The van der Waals surface area contributed by atoms with Crippen LogP contribution in [0.3, 0.4) is 0 Å². The van der Waals surface area contributed by atoms with E-state index in [1.54, 1.807) is 24.4 Å². The normalized spacial score (nSPS) is 20.3. The fourth-order valence-corrected chi connectivity index (χ4v) is 3.06. The van der Waals surface area contributed by atoms with Crippen molar-refractivity contribution >= 4 is 5.91 Å². The third-order valence-electron chi connectivity index (χ3n) is 4.59. The number of carbonyl (C=O) groups is 1. The van der Waals surface area contributed by atoms with Gasteiger partial charge in [-0.3, -0.25) is 4.79 Å². The van der Waals surface area contributed by atoms with E-state index in [4.69, 9.17) is 9.47 Å². The first-order chi connectivity index (χ1) is 12.1. The lowest BCUT2D eigenvalue weighted by molar-refractivity contribution is -0.0825. The molecule has 0 aliphatic carbocycles. The van der Waals surface area contributed by atoms with Crippen LogP contribution in [-0.2, 0) is 4.74 Å². The topological polar surface area (TPSA) is 64.6 Å². The van der Waals surface area contributed by atoms with Crippen molar-refractivity contribution in [1.29, 1.82) is 0 Å². The number of rotatable bonds is 5. The van der Waals surface area contributed by atoms with Gasteiger partial charge in [-0.2, -0.15) is 0 Å². The van der Waals surface area contributed by atoms with E-state index >= 15 is 0 Å². The van der Waals surface area contributed by atoms with Crippen molar-refractivity contribution in [3.8, 4) is 5.75 Å². The van der Waals surface area contributed by atoms with Crippen LogP contribution in [-0.4, -0.2) is 53.2 Å². The number of piperidine rings is 1. The minimum atomic E-state index is -0.506. The monoisotopic (exact) mass is 341 g/mol. The number of hydrogen-bond acceptors (Lipinski definition) is 5. The lowest BCUT2D eigenvalue weighted by Gasteiger charge is -2.41. The molecular formula is C19H23N3O3. The Morgan fingerprint density at radius 1 is 1.24 bits per heavy atom. The molecule has 1 aromatic heterocycles. The molecule has 1 saturated heterocycles. The van der Waals surface area contributed by atoms with Gasteiger partial charge in [0.1, 0.15) is 24.3 Å². The summed E-state index contributed by atoms with van der Waals surface area (Å²) in [6.45, 7) is 3.63. The van der Waals surface area contributed by atoms with Crippen molar-refractivity contribution in [3.05, 3.63) is 54.1 Å². The summed E-state index contributed by atoms with van der Waals surface area (Å²) in [6.07, 6.45) is 6.22. The first-order valence-corrected chi connectivity index (χ1v) is 8.41. The molecule has 1 aliphatic rings. The third-order valence-corrected chi connectivity index (χ3v) is 4.59. The second-order valence-electron chi connectivity index (χ2n) is 6.45. The average Bonchev–Trinajstić information content (AvgIpc) is 2.68. The van der Waals surface area contributed by atoms with Crippen LogP contribution in [0.1, 0.15) is 28.8 Å². The number of nitrogens with zero attached hydrogens (tertiary/aromatic N) is 3. The number of likely N-dealkylation sites (tertiary alicyclic amines) is 1. The van der Waals surface area contributed by atoms with Crippen molar-refractivity contribution in [1.82, 2.24) is 14.9 Å². The molecule has 2 aromatic rings. The summed E-state index contributed by atoms with van der Waals surface area (Å²) < 4.78 is 11.7. The van der Waals surface area contributed by atoms with Crippen LogP contribution in [0.2, 0.25) is 0 Å². The van der Waals surface area contributed by atoms with Crippen molar-refractivity contribution < 1.29 is 14.3 Å². The van der Waals surface area contributed by atoms with E-state index in [1.165, 1.54) is 11.9 Å². The molecule has 1 aliphatic heterocycles. The molecule has 2 heterocycles. The highest BCUT2D eigenvalue weighted by Crippen LogP contribution is 2.27. The lowest BCUT2D eigenvalue weighted by Crippen LogP contribution is -2.54. The maximum Gasteiger partial charge on any atom is 0.257 e. The van der Waals surface area contributed by atoms with E-state index in [2.05, 4.69) is 9.97 Å². The second-order valence-corrected chi connectivity index (χ2v) is 6.45. The number of aromatic nitrogens is 2. The molecule has 1 aromatic carbocycles. The van der Waals surface area contributed by atoms with Gasteiger partial charge < -0.3 is 14.4 Å². The van der Waals surface area contributed by atoms with Gasteiger partial charge in [0, 0.05) is 26.0 Å². The molecule has 1 fully saturated rings. The Balaban J connectivity index is 1.68. The van der Waals surface area contributed by atoms with E-state index in [0.717, 1.165) is 18.6 Å². The van der Waals surface area contributed by atoms with Gasteiger partial charge in [-0.05, 0) is 31.9 Å². The Kier molecular flexibility index (Phi) is 5.28. The van der Waals surface area contributed by atoms with Gasteiger partial charge in [0.15, 0.2) is 0 Å². The highest BCUT2D eigenvalue weighted by molar-refractivity contribution is 5.93. The molecule has 1 atom stereocenters. The molecule has 0 radical (unpaired) electrons. The first-order valence-electron chi connectivity index (χ1n) is 8.41. The zero-order valence-electron chi connectivity index (χ0n) is 14.6. The summed E-state index contributed by atoms with van der Waals surface area (Å²) in [5.74, 6) is 0.735. The predicted octanol–water partition coefficient (Wildman–Crippen LogP) is 2.49. The molecule has 132 valence electrons. The fourth-order valence-electron chi connectivity index (χ4n) is 3.06. The second kappa shape index (κ2) is 7.61. The standard InChI is InChI=1S/C19H23N3O3/c1-15-4-6-17(7-5-15)25-13-19(24-2)8-3-9-22(12-19)18(23)16-10-20-14-21-11-16/h4-7,10-11,14H,3,8-9,12-13H2,1-2H3/t19-/m0/s1. The summed E-state index contributed by atoms with van der Waals surface area (Å²) in [6, 6.07) is 7.93. The van der Waals surface area contributed by atoms with Gasteiger partial charge in [0.05, 0.1) is 12.1 Å². The Hall–Kier alpha value is -2.47. The molecular weight excluding hydrogens is 318 g/mol. The van der Waals surface area contributed by atoms with Gasteiger partial charge in [-0.25, -0.2) is 9.97 Å². The average molecular weight is 341 g/mol. The molecule has 6 heteroatoms. The number of amides is 1. The number of aryl methyl sites for hydroxylation is 1. The van der Waals surface area contributed by atoms with Crippen LogP contribution in [0.15, 0.2) is 43.0 Å². The third kappa shape index (κ3) is 4.14. The van der Waals surface area contributed by atoms with Crippen LogP contribution >= 0.6 is 0 Å². The maximum absolute atomic E-state index is 12.7. The number of carbonyl (C=O) groups excluding carboxylic acids is 1. The predicted molar refractivity (Wildman–Crippen MR) is 93.6 cm³/mol. The molecule has 0 bridgehead atoms. The van der Waals surface area contributed by atoms with Gasteiger partial charge in [0.2, 0.25) is 0 Å². The zero-order valence-corrected chi connectivity index (χ0v) is 14.6. The molecule has 1 amide bonds. The first kappa shape index (κ1) is 17.4. The van der Waals surface area contributed by atoms with Crippen LogP contribution in [0.4, 0.5) is 0 Å². The summed E-state index contributed by atoms with van der Waals surface area (Å²) in [5.41, 5.74) is 1.18. The Labute approximate surface area is 147 Å². The van der Waals surface area contributed by atoms with E-state index in [-0.39, 0.29) is 5.91 Å². The molecule has 0 N–H and O–H groups in total. The highest BCUT2D eigenvalue weighted by Gasteiger charge is 2.38. The highest BCUT2D eigenvalue weighted by atomic mass is 16.5. The van der Waals surface area contributed by atoms with Gasteiger partial charge >= 0.3 is 0 Å². The largest absolute Gasteiger partial charge is 0.491 e. The van der Waals surface area contributed by atoms with Crippen molar-refractivity contribution in [2.45, 2.75) is 25.4 Å². The van der Waals surface area contributed by atoms with Gasteiger partial charge in [-0.15, -0.1) is 0 Å². The van der Waals surface area contributed by atoms with Crippen LogP contribution in [0.25, 0.3) is 0 Å². The zero-order chi connectivity index (χ0) is 17.7. The van der Waals surface area contributed by atoms with Crippen LogP contribution in [0.5, 0.6) is 5.75 Å². The molecule has 0 spiro atoms. The number of methoxy groups -OCH3 is 1. The maximum atomic E-state index is 12.7. The van der Waals surface area contributed by atoms with Crippen molar-refractivity contribution in [3.63, 3.8) is 0 Å². The van der Waals surface area contributed by atoms with E-state index < -0.39 is 5.60 Å².